The Morgan fingerprint density at radius 3 is 2.69 bits per heavy atom. The van der Waals surface area contributed by atoms with Gasteiger partial charge in [-0.1, -0.05) is 0 Å². The Labute approximate surface area is 103 Å². The molecule has 0 unspecified atom stereocenters. The number of aliphatic hydroxyl groups excluding tert-OH is 1. The number of nitrogens with zero attached hydrogens (tertiary/aromatic N) is 1. The minimum atomic E-state index is -0.365. The van der Waals surface area contributed by atoms with Gasteiger partial charge in [0.25, 0.3) is 0 Å². The first-order chi connectivity index (χ1) is 7.63. The fourth-order valence-electron chi connectivity index (χ4n) is 1.40. The van der Waals surface area contributed by atoms with E-state index in [2.05, 4.69) is 0 Å². The largest absolute Gasteiger partial charge is 0.396 e. The third-order valence-corrected chi connectivity index (χ3v) is 3.12. The summed E-state index contributed by atoms with van der Waals surface area (Å²) in [4.78, 5) is 13.5. The Bertz CT molecular complexity index is 191. The first-order valence-corrected chi connectivity index (χ1v) is 7.13. The normalized spacial score (nSPS) is 12.5. The predicted octanol–water partition coefficient (Wildman–Crippen LogP) is 0.688. The smallest absolute Gasteiger partial charge is 0.239 e. The van der Waals surface area contributed by atoms with E-state index in [9.17, 15) is 4.79 Å². The molecule has 1 atom stereocenters. The summed E-state index contributed by atoms with van der Waals surface area (Å²) in [6, 6.07) is -0.365. The first-order valence-electron chi connectivity index (χ1n) is 5.73. The van der Waals surface area contributed by atoms with Crippen molar-refractivity contribution in [3.63, 3.8) is 0 Å². The summed E-state index contributed by atoms with van der Waals surface area (Å²) in [5.41, 5.74) is 5.79. The number of carbonyl (C=O) groups is 1. The molecule has 0 radical (unpaired) electrons. The topological polar surface area (TPSA) is 66.6 Å². The van der Waals surface area contributed by atoms with Gasteiger partial charge in [-0.05, 0) is 37.7 Å². The van der Waals surface area contributed by atoms with Gasteiger partial charge in [-0.3, -0.25) is 4.79 Å². The van der Waals surface area contributed by atoms with Gasteiger partial charge in [-0.15, -0.1) is 0 Å². The van der Waals surface area contributed by atoms with Crippen LogP contribution in [-0.2, 0) is 4.79 Å². The van der Waals surface area contributed by atoms with Crippen molar-refractivity contribution in [1.82, 2.24) is 4.90 Å². The minimum Gasteiger partial charge on any atom is -0.396 e. The van der Waals surface area contributed by atoms with Gasteiger partial charge in [-0.2, -0.15) is 11.8 Å². The van der Waals surface area contributed by atoms with Crippen LogP contribution in [0.25, 0.3) is 0 Å². The zero-order chi connectivity index (χ0) is 12.4. The third kappa shape index (κ3) is 7.09. The van der Waals surface area contributed by atoms with E-state index in [-0.39, 0.29) is 18.6 Å². The van der Waals surface area contributed by atoms with Gasteiger partial charge in [0, 0.05) is 20.2 Å². The molecule has 0 heterocycles. The van der Waals surface area contributed by atoms with Crippen molar-refractivity contribution in [3.8, 4) is 0 Å². The molecule has 0 saturated heterocycles. The molecular formula is C11H24N2O2S. The van der Waals surface area contributed by atoms with E-state index < -0.39 is 0 Å². The second kappa shape index (κ2) is 9.93. The molecule has 0 saturated carbocycles. The quantitative estimate of drug-likeness (QED) is 0.589. The molecule has 0 spiro atoms. The molecule has 5 heteroatoms. The lowest BCUT2D eigenvalue weighted by molar-refractivity contribution is -0.131. The summed E-state index contributed by atoms with van der Waals surface area (Å²) < 4.78 is 0. The maximum atomic E-state index is 11.8. The van der Waals surface area contributed by atoms with Crippen LogP contribution in [0.15, 0.2) is 0 Å². The Morgan fingerprint density at radius 2 is 2.12 bits per heavy atom. The fourth-order valence-corrected chi connectivity index (χ4v) is 1.89. The summed E-state index contributed by atoms with van der Waals surface area (Å²) in [5, 5.41) is 8.62. The highest BCUT2D eigenvalue weighted by atomic mass is 32.2. The zero-order valence-electron chi connectivity index (χ0n) is 10.3. The highest BCUT2D eigenvalue weighted by Gasteiger charge is 2.16. The second-order valence-corrected chi connectivity index (χ2v) is 4.92. The molecule has 0 aromatic rings. The monoisotopic (exact) mass is 248 g/mol. The van der Waals surface area contributed by atoms with E-state index in [1.54, 1.807) is 23.7 Å². The van der Waals surface area contributed by atoms with Crippen LogP contribution in [0.2, 0.25) is 0 Å². The van der Waals surface area contributed by atoms with Crippen LogP contribution in [0.3, 0.4) is 0 Å². The summed E-state index contributed by atoms with van der Waals surface area (Å²) in [5.74, 6) is 0.948. The number of rotatable bonds is 9. The van der Waals surface area contributed by atoms with Crippen LogP contribution in [-0.4, -0.2) is 54.2 Å². The van der Waals surface area contributed by atoms with Gasteiger partial charge < -0.3 is 15.7 Å². The van der Waals surface area contributed by atoms with E-state index in [4.69, 9.17) is 10.8 Å². The van der Waals surface area contributed by atoms with E-state index in [0.717, 1.165) is 38.0 Å². The molecule has 1 amide bonds. The van der Waals surface area contributed by atoms with Crippen LogP contribution >= 0.6 is 11.8 Å². The van der Waals surface area contributed by atoms with Crippen LogP contribution in [0.4, 0.5) is 0 Å². The zero-order valence-corrected chi connectivity index (χ0v) is 11.1. The van der Waals surface area contributed by atoms with E-state index >= 15 is 0 Å². The van der Waals surface area contributed by atoms with E-state index in [1.165, 1.54) is 0 Å². The summed E-state index contributed by atoms with van der Waals surface area (Å²) in [7, 11) is 1.79. The molecule has 4 nitrogen and oxygen atoms in total. The van der Waals surface area contributed by atoms with Crippen molar-refractivity contribution < 1.29 is 9.90 Å². The number of hydrogen-bond acceptors (Lipinski definition) is 4. The van der Waals surface area contributed by atoms with Gasteiger partial charge in [0.05, 0.1) is 6.04 Å². The SMILES string of the molecule is CSCC[C@@H](N)C(=O)N(C)CCCCCO. The Morgan fingerprint density at radius 1 is 1.44 bits per heavy atom. The summed E-state index contributed by atoms with van der Waals surface area (Å²) in [6.45, 7) is 0.955. The third-order valence-electron chi connectivity index (χ3n) is 2.48. The molecule has 96 valence electrons. The molecule has 16 heavy (non-hydrogen) atoms. The Kier molecular flexibility index (Phi) is 9.77. The van der Waals surface area contributed by atoms with Gasteiger partial charge >= 0.3 is 0 Å². The lowest BCUT2D eigenvalue weighted by Gasteiger charge is -2.21. The van der Waals surface area contributed by atoms with Crippen LogP contribution < -0.4 is 5.73 Å². The number of likely N-dealkylation sites (N-methyl/N-ethyl adjacent to an activating group) is 1. The van der Waals surface area contributed by atoms with Crippen molar-refractivity contribution in [1.29, 1.82) is 0 Å². The van der Waals surface area contributed by atoms with Gasteiger partial charge in [0.1, 0.15) is 0 Å². The van der Waals surface area contributed by atoms with Gasteiger partial charge in [0.15, 0.2) is 0 Å². The maximum Gasteiger partial charge on any atom is 0.239 e. The number of amides is 1. The molecule has 0 rings (SSSR count). The Hall–Kier alpha value is -0.260. The lowest BCUT2D eigenvalue weighted by atomic mass is 10.2. The molecule has 0 aromatic heterocycles. The molecule has 3 N–H and O–H groups in total. The van der Waals surface area contributed by atoms with E-state index in [1.807, 2.05) is 6.26 Å². The van der Waals surface area contributed by atoms with Crippen LogP contribution in [0.5, 0.6) is 0 Å². The summed E-state index contributed by atoms with van der Waals surface area (Å²) >= 11 is 1.71. The molecule has 0 aromatic carbocycles. The highest BCUT2D eigenvalue weighted by Crippen LogP contribution is 2.03. The standard InChI is InChI=1S/C11H24N2O2S/c1-13(7-4-3-5-8-14)11(15)10(12)6-9-16-2/h10,14H,3-9,12H2,1-2H3/t10-/m1/s1. The van der Waals surface area contributed by atoms with Crippen molar-refractivity contribution >= 4 is 17.7 Å². The maximum absolute atomic E-state index is 11.8. The van der Waals surface area contributed by atoms with Crippen molar-refractivity contribution in [3.05, 3.63) is 0 Å². The minimum absolute atomic E-state index is 0.0260. The number of nitrogens with two attached hydrogens (primary N) is 1. The van der Waals surface area contributed by atoms with E-state index in [0.29, 0.717) is 0 Å². The molecule has 0 aliphatic carbocycles. The molecule has 0 fully saturated rings. The first kappa shape index (κ1) is 15.7. The summed E-state index contributed by atoms with van der Waals surface area (Å²) in [6.07, 6.45) is 5.43. The van der Waals surface area contributed by atoms with Crippen LogP contribution in [0, 0.1) is 0 Å². The van der Waals surface area contributed by atoms with Crippen molar-refractivity contribution in [2.45, 2.75) is 31.7 Å². The molecular weight excluding hydrogens is 224 g/mol. The molecule has 0 aliphatic rings. The average molecular weight is 248 g/mol. The predicted molar refractivity (Wildman–Crippen MR) is 69.5 cm³/mol. The fraction of sp³-hybridized carbons (Fsp3) is 0.909. The molecule has 0 bridgehead atoms. The lowest BCUT2D eigenvalue weighted by Crippen LogP contribution is -2.42. The average Bonchev–Trinajstić information content (AvgIpc) is 2.30. The number of hydrogen-bond donors (Lipinski definition) is 2. The molecule has 0 aliphatic heterocycles. The van der Waals surface area contributed by atoms with Gasteiger partial charge in [-0.25, -0.2) is 0 Å². The number of thioether (sulfide) groups is 1. The van der Waals surface area contributed by atoms with Gasteiger partial charge in [0.2, 0.25) is 5.91 Å². The van der Waals surface area contributed by atoms with Crippen LogP contribution in [0.1, 0.15) is 25.7 Å². The van der Waals surface area contributed by atoms with Crippen molar-refractivity contribution in [2.24, 2.45) is 5.73 Å². The highest BCUT2D eigenvalue weighted by molar-refractivity contribution is 7.98. The number of aliphatic hydroxyl groups is 1. The number of unbranched alkanes of at least 4 members (excludes halogenated alkanes) is 2. The number of carbonyl (C=O) groups excluding carboxylic acids is 1. The Balaban J connectivity index is 3.70. The van der Waals surface area contributed by atoms with Crippen molar-refractivity contribution in [2.75, 3.05) is 32.2 Å². The second-order valence-electron chi connectivity index (χ2n) is 3.93.